The molecule has 0 radical (unpaired) electrons. The molecule has 2 nitrogen and oxygen atoms in total. The second-order valence-electron chi connectivity index (χ2n) is 5.79. The summed E-state index contributed by atoms with van der Waals surface area (Å²) in [6.07, 6.45) is 0. The molecule has 2 N–H and O–H groups in total. The molecule has 0 unspecified atom stereocenters. The molecule has 1 aromatic heterocycles. The lowest BCUT2D eigenvalue weighted by molar-refractivity contribution is 0.566. The lowest BCUT2D eigenvalue weighted by Crippen LogP contribution is -2.15. The van der Waals surface area contributed by atoms with Gasteiger partial charge in [0, 0.05) is 21.7 Å². The molecule has 1 aromatic carbocycles. The quantitative estimate of drug-likeness (QED) is 0.820. The van der Waals surface area contributed by atoms with Gasteiger partial charge in [0.05, 0.1) is 11.3 Å². The summed E-state index contributed by atoms with van der Waals surface area (Å²) >= 11 is 3.14. The van der Waals surface area contributed by atoms with Crippen LogP contribution in [0.1, 0.15) is 38.3 Å². The summed E-state index contributed by atoms with van der Waals surface area (Å²) in [7, 11) is 0. The maximum absolute atomic E-state index is 14.3. The predicted molar refractivity (Wildman–Crippen MR) is 90.5 cm³/mol. The number of thioether (sulfide) groups is 1. The number of nitrogens with two attached hydrogens (primary N) is 1. The van der Waals surface area contributed by atoms with E-state index >= 15 is 0 Å². The van der Waals surface area contributed by atoms with Gasteiger partial charge in [-0.1, -0.05) is 33.8 Å². The van der Waals surface area contributed by atoms with Gasteiger partial charge in [0.15, 0.2) is 0 Å². The maximum Gasteiger partial charge on any atom is 0.134 e. The van der Waals surface area contributed by atoms with Gasteiger partial charge in [-0.25, -0.2) is 9.37 Å². The molecule has 0 amide bonds. The molecule has 0 saturated carbocycles. The summed E-state index contributed by atoms with van der Waals surface area (Å²) in [6, 6.07) is 5.20. The van der Waals surface area contributed by atoms with Crippen LogP contribution in [-0.2, 0) is 12.0 Å². The van der Waals surface area contributed by atoms with Crippen molar-refractivity contribution in [3.05, 3.63) is 34.6 Å². The lowest BCUT2D eigenvalue weighted by atomic mass is 9.91. The molecule has 0 aliphatic heterocycles. The Morgan fingerprint density at radius 2 is 2.05 bits per heavy atom. The summed E-state index contributed by atoms with van der Waals surface area (Å²) in [6.45, 7) is 8.82. The van der Waals surface area contributed by atoms with E-state index in [1.54, 1.807) is 17.8 Å². The second kappa shape index (κ2) is 6.46. The van der Waals surface area contributed by atoms with Gasteiger partial charge in [-0.15, -0.1) is 23.1 Å². The van der Waals surface area contributed by atoms with Crippen LogP contribution in [0.2, 0.25) is 0 Å². The van der Waals surface area contributed by atoms with Crippen molar-refractivity contribution in [1.29, 1.82) is 0 Å². The Morgan fingerprint density at radius 3 is 2.57 bits per heavy atom. The average Bonchev–Trinajstić information content (AvgIpc) is 2.83. The Balaban J connectivity index is 2.60. The number of nitrogens with zero attached hydrogens (tertiary/aromatic N) is 1. The molecule has 0 saturated heterocycles. The van der Waals surface area contributed by atoms with Crippen molar-refractivity contribution in [2.24, 2.45) is 5.73 Å². The van der Waals surface area contributed by atoms with Gasteiger partial charge >= 0.3 is 0 Å². The van der Waals surface area contributed by atoms with Crippen LogP contribution >= 0.6 is 23.1 Å². The SMILES string of the molecule is CCSc1cccc(F)c1-c1nc(C(C)(C)C)c(CN)s1. The highest BCUT2D eigenvalue weighted by molar-refractivity contribution is 7.99. The fraction of sp³-hybridized carbons (Fsp3) is 0.438. The second-order valence-corrected chi connectivity index (χ2v) is 8.18. The summed E-state index contributed by atoms with van der Waals surface area (Å²) < 4.78 is 14.3. The Labute approximate surface area is 134 Å². The monoisotopic (exact) mass is 324 g/mol. The third-order valence-electron chi connectivity index (χ3n) is 3.08. The average molecular weight is 324 g/mol. The molecule has 1 heterocycles. The highest BCUT2D eigenvalue weighted by Crippen LogP contribution is 2.39. The van der Waals surface area contributed by atoms with Gasteiger partial charge < -0.3 is 5.73 Å². The van der Waals surface area contributed by atoms with Gasteiger partial charge in [0.1, 0.15) is 10.8 Å². The number of aromatic nitrogens is 1. The van der Waals surface area contributed by atoms with Crippen LogP contribution in [0.5, 0.6) is 0 Å². The fourth-order valence-corrected chi connectivity index (χ4v) is 4.27. The maximum atomic E-state index is 14.3. The molecule has 0 atom stereocenters. The summed E-state index contributed by atoms with van der Waals surface area (Å²) in [5.74, 6) is 0.684. The third kappa shape index (κ3) is 3.47. The lowest BCUT2D eigenvalue weighted by Gasteiger charge is -2.17. The van der Waals surface area contributed by atoms with Crippen LogP contribution < -0.4 is 5.73 Å². The molecule has 0 fully saturated rings. The molecule has 0 bridgehead atoms. The van der Waals surface area contributed by atoms with Gasteiger partial charge in [0.25, 0.3) is 0 Å². The van der Waals surface area contributed by atoms with E-state index in [1.165, 1.54) is 17.4 Å². The minimum Gasteiger partial charge on any atom is -0.326 e. The van der Waals surface area contributed by atoms with Crippen molar-refractivity contribution >= 4 is 23.1 Å². The summed E-state index contributed by atoms with van der Waals surface area (Å²) in [5.41, 5.74) is 7.34. The van der Waals surface area contributed by atoms with Crippen molar-refractivity contribution < 1.29 is 4.39 Å². The molecule has 0 spiro atoms. The van der Waals surface area contributed by atoms with Gasteiger partial charge in [0.2, 0.25) is 0 Å². The first-order valence-electron chi connectivity index (χ1n) is 7.00. The van der Waals surface area contributed by atoms with Crippen molar-refractivity contribution in [3.63, 3.8) is 0 Å². The van der Waals surface area contributed by atoms with E-state index in [-0.39, 0.29) is 11.2 Å². The normalized spacial score (nSPS) is 11.9. The standard InChI is InChI=1S/C16H21FN2S2/c1-5-20-11-8-6-7-10(17)13(11)15-19-14(16(2,3)4)12(9-18)21-15/h6-8H,5,9,18H2,1-4H3. The van der Waals surface area contributed by atoms with Crippen LogP contribution in [0.25, 0.3) is 10.6 Å². The Kier molecular flexibility index (Phi) is 5.07. The first-order valence-corrected chi connectivity index (χ1v) is 8.80. The molecule has 114 valence electrons. The van der Waals surface area contributed by atoms with Gasteiger partial charge in [-0.05, 0) is 17.9 Å². The van der Waals surface area contributed by atoms with Crippen LogP contribution in [-0.4, -0.2) is 10.7 Å². The molecular weight excluding hydrogens is 303 g/mol. The van der Waals surface area contributed by atoms with Crippen molar-refractivity contribution in [1.82, 2.24) is 4.98 Å². The smallest absolute Gasteiger partial charge is 0.134 e. The molecular formula is C16H21FN2S2. The predicted octanol–water partition coefficient (Wildman–Crippen LogP) is 4.82. The molecule has 0 aliphatic rings. The zero-order valence-corrected chi connectivity index (χ0v) is 14.5. The highest BCUT2D eigenvalue weighted by atomic mass is 32.2. The van der Waals surface area contributed by atoms with Crippen molar-refractivity contribution in [2.75, 3.05) is 5.75 Å². The zero-order valence-electron chi connectivity index (χ0n) is 12.9. The van der Waals surface area contributed by atoms with E-state index in [0.29, 0.717) is 12.1 Å². The van der Waals surface area contributed by atoms with Crippen LogP contribution in [0, 0.1) is 5.82 Å². The van der Waals surface area contributed by atoms with Gasteiger partial charge in [-0.3, -0.25) is 0 Å². The number of halogens is 1. The first-order chi connectivity index (χ1) is 9.88. The summed E-state index contributed by atoms with van der Waals surface area (Å²) in [5, 5.41) is 0.731. The van der Waals surface area contributed by atoms with Gasteiger partial charge in [-0.2, -0.15) is 0 Å². The number of rotatable bonds is 4. The third-order valence-corrected chi connectivity index (χ3v) is 5.12. The van der Waals surface area contributed by atoms with Crippen LogP contribution in [0.3, 0.4) is 0 Å². The van der Waals surface area contributed by atoms with E-state index in [4.69, 9.17) is 10.7 Å². The minimum atomic E-state index is -0.216. The highest BCUT2D eigenvalue weighted by Gasteiger charge is 2.24. The fourth-order valence-electron chi connectivity index (χ4n) is 2.17. The molecule has 2 rings (SSSR count). The Bertz CT molecular complexity index is 630. The van der Waals surface area contributed by atoms with Crippen molar-refractivity contribution in [2.45, 2.75) is 44.6 Å². The molecule has 21 heavy (non-hydrogen) atoms. The largest absolute Gasteiger partial charge is 0.326 e. The number of thiazole rings is 1. The van der Waals surface area contributed by atoms with Crippen LogP contribution in [0.15, 0.2) is 23.1 Å². The number of hydrogen-bond acceptors (Lipinski definition) is 4. The Morgan fingerprint density at radius 1 is 1.33 bits per heavy atom. The topological polar surface area (TPSA) is 38.9 Å². The molecule has 2 aromatic rings. The van der Waals surface area contributed by atoms with E-state index in [0.717, 1.165) is 26.2 Å². The zero-order chi connectivity index (χ0) is 15.6. The summed E-state index contributed by atoms with van der Waals surface area (Å²) in [4.78, 5) is 6.69. The molecule has 5 heteroatoms. The van der Waals surface area contributed by atoms with Crippen molar-refractivity contribution in [3.8, 4) is 10.6 Å². The molecule has 0 aliphatic carbocycles. The number of benzene rings is 1. The van der Waals surface area contributed by atoms with Crippen LogP contribution in [0.4, 0.5) is 4.39 Å². The van der Waals surface area contributed by atoms with E-state index < -0.39 is 0 Å². The Hall–Kier alpha value is -0.910. The van der Waals surface area contributed by atoms with E-state index in [1.807, 2.05) is 6.07 Å². The first kappa shape index (κ1) is 16.5. The minimum absolute atomic E-state index is 0.0905. The van der Waals surface area contributed by atoms with E-state index in [9.17, 15) is 4.39 Å². The number of hydrogen-bond donors (Lipinski definition) is 1. The van der Waals surface area contributed by atoms with E-state index in [2.05, 4.69) is 27.7 Å².